The van der Waals surface area contributed by atoms with Gasteiger partial charge >= 0.3 is 0 Å². The molecule has 0 saturated heterocycles. The second-order valence-corrected chi connectivity index (χ2v) is 8.41. The van der Waals surface area contributed by atoms with Gasteiger partial charge in [0.25, 0.3) is 0 Å². The van der Waals surface area contributed by atoms with E-state index in [9.17, 15) is 9.59 Å². The Morgan fingerprint density at radius 2 is 1.47 bits per heavy atom. The van der Waals surface area contributed by atoms with Crippen molar-refractivity contribution in [2.75, 3.05) is 30.8 Å². The number of aryl methyl sites for hydroxylation is 5. The molecule has 0 fully saturated rings. The van der Waals surface area contributed by atoms with Crippen LogP contribution in [0.3, 0.4) is 0 Å². The molecule has 0 radical (unpaired) electrons. The van der Waals surface area contributed by atoms with Crippen molar-refractivity contribution in [3.63, 3.8) is 0 Å². The van der Waals surface area contributed by atoms with E-state index in [-0.39, 0.29) is 24.9 Å². The van der Waals surface area contributed by atoms with E-state index in [0.29, 0.717) is 5.82 Å². The van der Waals surface area contributed by atoms with Gasteiger partial charge in [-0.2, -0.15) is 5.10 Å². The fraction of sp³-hybridized carbons (Fsp3) is 0.320. The molecule has 2 aromatic carbocycles. The second-order valence-electron chi connectivity index (χ2n) is 8.41. The molecule has 0 aliphatic carbocycles. The van der Waals surface area contributed by atoms with Crippen LogP contribution in [0.5, 0.6) is 0 Å². The number of carbonyl (C=O) groups excluding carboxylic acids is 2. The van der Waals surface area contributed by atoms with Gasteiger partial charge in [-0.15, -0.1) is 0 Å². The molecule has 1 aromatic heterocycles. The first-order valence-electron chi connectivity index (χ1n) is 10.6. The summed E-state index contributed by atoms with van der Waals surface area (Å²) in [6.07, 6.45) is 0. The molecular weight excluding hydrogens is 402 g/mol. The minimum absolute atomic E-state index is 0.0806. The van der Waals surface area contributed by atoms with E-state index in [2.05, 4.69) is 15.7 Å². The molecule has 2 N–H and O–H groups in total. The van der Waals surface area contributed by atoms with Crippen LogP contribution in [0.2, 0.25) is 0 Å². The predicted molar refractivity (Wildman–Crippen MR) is 128 cm³/mol. The molecule has 2 amide bonds. The van der Waals surface area contributed by atoms with Crippen molar-refractivity contribution in [2.45, 2.75) is 34.6 Å². The number of hydrogen-bond donors (Lipinski definition) is 2. The maximum atomic E-state index is 12.7. The van der Waals surface area contributed by atoms with Crippen LogP contribution in [0.1, 0.15) is 27.9 Å². The summed E-state index contributed by atoms with van der Waals surface area (Å²) in [4.78, 5) is 26.9. The Morgan fingerprint density at radius 3 is 2.09 bits per heavy atom. The maximum absolute atomic E-state index is 12.7. The van der Waals surface area contributed by atoms with E-state index in [1.807, 2.05) is 77.1 Å². The standard InChI is InChI=1S/C25H31N5O2/c1-16-11-18(3)25(19(4)12-16)27-24(32)15-29(6)14-23(31)26-22-13-20(5)28-30(22)21-10-8-7-9-17(21)2/h7-13H,14-15H2,1-6H3,(H,26,31)(H,27,32). The Balaban J connectivity index is 1.61. The van der Waals surface area contributed by atoms with Crippen LogP contribution in [0.15, 0.2) is 42.5 Å². The van der Waals surface area contributed by atoms with Crippen molar-refractivity contribution >= 4 is 23.3 Å². The SMILES string of the molecule is Cc1cc(C)c(NC(=O)CN(C)CC(=O)Nc2cc(C)nn2-c2ccccc2C)c(C)c1. The smallest absolute Gasteiger partial charge is 0.239 e. The lowest BCUT2D eigenvalue weighted by molar-refractivity contribution is -0.119. The summed E-state index contributed by atoms with van der Waals surface area (Å²) in [6.45, 7) is 10.1. The average molecular weight is 434 g/mol. The van der Waals surface area contributed by atoms with Gasteiger partial charge in [0.1, 0.15) is 5.82 Å². The number of carbonyl (C=O) groups is 2. The molecule has 1 heterocycles. The van der Waals surface area contributed by atoms with E-state index in [0.717, 1.165) is 39.3 Å². The number of aromatic nitrogens is 2. The van der Waals surface area contributed by atoms with E-state index in [1.54, 1.807) is 16.6 Å². The van der Waals surface area contributed by atoms with E-state index in [1.165, 1.54) is 0 Å². The van der Waals surface area contributed by atoms with Crippen molar-refractivity contribution < 1.29 is 9.59 Å². The third kappa shape index (κ3) is 5.62. The highest BCUT2D eigenvalue weighted by molar-refractivity contribution is 5.95. The summed E-state index contributed by atoms with van der Waals surface area (Å²) < 4.78 is 1.73. The van der Waals surface area contributed by atoms with E-state index in [4.69, 9.17) is 0 Å². The Bertz CT molecular complexity index is 1130. The van der Waals surface area contributed by atoms with Crippen molar-refractivity contribution in [3.8, 4) is 5.69 Å². The van der Waals surface area contributed by atoms with Crippen LogP contribution in [0.25, 0.3) is 5.69 Å². The second kappa shape index (κ2) is 9.78. The van der Waals surface area contributed by atoms with Gasteiger partial charge in [-0.05, 0) is 64.4 Å². The lowest BCUT2D eigenvalue weighted by Crippen LogP contribution is -2.36. The number of rotatable bonds is 7. The first kappa shape index (κ1) is 23.2. The zero-order valence-corrected chi connectivity index (χ0v) is 19.6. The van der Waals surface area contributed by atoms with Crippen molar-refractivity contribution in [1.82, 2.24) is 14.7 Å². The van der Waals surface area contributed by atoms with Gasteiger partial charge in [0.2, 0.25) is 11.8 Å². The lowest BCUT2D eigenvalue weighted by atomic mass is 10.1. The van der Waals surface area contributed by atoms with Gasteiger partial charge < -0.3 is 10.6 Å². The van der Waals surface area contributed by atoms with Crippen LogP contribution in [-0.2, 0) is 9.59 Å². The molecule has 0 spiro atoms. The van der Waals surface area contributed by atoms with Crippen molar-refractivity contribution in [2.24, 2.45) is 0 Å². The molecule has 0 atom stereocenters. The Labute approximate surface area is 189 Å². The van der Waals surface area contributed by atoms with Crippen LogP contribution in [0.4, 0.5) is 11.5 Å². The maximum Gasteiger partial charge on any atom is 0.239 e. The largest absolute Gasteiger partial charge is 0.324 e. The molecule has 7 heteroatoms. The molecule has 0 bridgehead atoms. The number of benzene rings is 2. The summed E-state index contributed by atoms with van der Waals surface area (Å²) in [7, 11) is 1.75. The average Bonchev–Trinajstić information content (AvgIpc) is 3.04. The van der Waals surface area contributed by atoms with E-state index < -0.39 is 0 Å². The topological polar surface area (TPSA) is 79.3 Å². The third-order valence-corrected chi connectivity index (χ3v) is 5.21. The summed E-state index contributed by atoms with van der Waals surface area (Å²) in [6, 6.07) is 13.8. The number of anilines is 2. The summed E-state index contributed by atoms with van der Waals surface area (Å²) in [5, 5.41) is 10.4. The van der Waals surface area contributed by atoms with Gasteiger partial charge in [-0.3, -0.25) is 14.5 Å². The number of para-hydroxylation sites is 1. The third-order valence-electron chi connectivity index (χ3n) is 5.21. The Kier molecular flexibility index (Phi) is 7.10. The van der Waals surface area contributed by atoms with Crippen LogP contribution in [0, 0.1) is 34.6 Å². The minimum atomic E-state index is -0.210. The fourth-order valence-corrected chi connectivity index (χ4v) is 3.86. The number of hydrogen-bond acceptors (Lipinski definition) is 4. The Hall–Kier alpha value is -3.45. The summed E-state index contributed by atoms with van der Waals surface area (Å²) in [5.41, 5.74) is 6.81. The molecule has 0 aliphatic rings. The zero-order valence-electron chi connectivity index (χ0n) is 19.6. The fourth-order valence-electron chi connectivity index (χ4n) is 3.86. The number of nitrogens with zero attached hydrogens (tertiary/aromatic N) is 3. The van der Waals surface area contributed by atoms with E-state index >= 15 is 0 Å². The molecule has 7 nitrogen and oxygen atoms in total. The molecule has 168 valence electrons. The molecule has 0 saturated carbocycles. The highest BCUT2D eigenvalue weighted by atomic mass is 16.2. The molecule has 3 aromatic rings. The number of amides is 2. The van der Waals surface area contributed by atoms with Gasteiger partial charge in [-0.25, -0.2) is 4.68 Å². The molecule has 0 aliphatic heterocycles. The molecule has 32 heavy (non-hydrogen) atoms. The first-order chi connectivity index (χ1) is 15.1. The highest BCUT2D eigenvalue weighted by Gasteiger charge is 2.16. The monoisotopic (exact) mass is 433 g/mol. The number of likely N-dealkylation sites (N-methyl/N-ethyl adjacent to an activating group) is 1. The molecule has 0 unspecified atom stereocenters. The van der Waals surface area contributed by atoms with Gasteiger partial charge in [-0.1, -0.05) is 35.9 Å². The zero-order chi connectivity index (χ0) is 23.4. The van der Waals surface area contributed by atoms with Crippen LogP contribution >= 0.6 is 0 Å². The van der Waals surface area contributed by atoms with Gasteiger partial charge in [0.15, 0.2) is 0 Å². The normalized spacial score (nSPS) is 11.0. The minimum Gasteiger partial charge on any atom is -0.324 e. The first-order valence-corrected chi connectivity index (χ1v) is 10.6. The van der Waals surface area contributed by atoms with Crippen molar-refractivity contribution in [3.05, 3.63) is 70.4 Å². The number of nitrogens with one attached hydrogen (secondary N) is 2. The van der Waals surface area contributed by atoms with Gasteiger partial charge in [0.05, 0.1) is 24.5 Å². The quantitative estimate of drug-likeness (QED) is 0.592. The summed E-state index contributed by atoms with van der Waals surface area (Å²) in [5.74, 6) is 0.236. The predicted octanol–water partition coefficient (Wildman–Crippen LogP) is 3.92. The molecule has 3 rings (SSSR count). The van der Waals surface area contributed by atoms with Crippen molar-refractivity contribution in [1.29, 1.82) is 0 Å². The lowest BCUT2D eigenvalue weighted by Gasteiger charge is -2.18. The van der Waals surface area contributed by atoms with Crippen LogP contribution in [-0.4, -0.2) is 46.6 Å². The van der Waals surface area contributed by atoms with Crippen LogP contribution < -0.4 is 10.6 Å². The highest BCUT2D eigenvalue weighted by Crippen LogP contribution is 2.22. The van der Waals surface area contributed by atoms with Gasteiger partial charge in [0, 0.05) is 11.8 Å². The summed E-state index contributed by atoms with van der Waals surface area (Å²) >= 11 is 0. The molecular formula is C25H31N5O2. The Morgan fingerprint density at radius 1 is 0.875 bits per heavy atom.